The zero-order valence-electron chi connectivity index (χ0n) is 15.0. The molecule has 1 unspecified atom stereocenters. The minimum atomic E-state index is -0.387. The minimum Gasteiger partial charge on any atom is -0.366 e. The van der Waals surface area contributed by atoms with Crippen LogP contribution >= 0.6 is 11.6 Å². The Morgan fingerprint density at radius 1 is 1.36 bits per heavy atom. The summed E-state index contributed by atoms with van der Waals surface area (Å²) < 4.78 is 15.2. The van der Waals surface area contributed by atoms with Gasteiger partial charge >= 0.3 is 0 Å². The monoisotopic (exact) mass is 399 g/mol. The van der Waals surface area contributed by atoms with Crippen LogP contribution in [0.5, 0.6) is 0 Å². The van der Waals surface area contributed by atoms with E-state index < -0.39 is 0 Å². The van der Waals surface area contributed by atoms with Gasteiger partial charge in [-0.05, 0) is 43.1 Å². The number of anilines is 2. The van der Waals surface area contributed by atoms with E-state index in [9.17, 15) is 9.65 Å². The Hall–Kier alpha value is -2.89. The van der Waals surface area contributed by atoms with Gasteiger partial charge in [-0.15, -0.1) is 0 Å². The highest BCUT2D eigenvalue weighted by Gasteiger charge is 2.16. The number of nitrogens with zero attached hydrogens (tertiary/aromatic N) is 4. The molecule has 1 fully saturated rings. The molecule has 3 aromatic rings. The predicted octanol–water partition coefficient (Wildman–Crippen LogP) is 3.17. The van der Waals surface area contributed by atoms with Gasteiger partial charge in [-0.1, -0.05) is 11.6 Å². The van der Waals surface area contributed by atoms with Crippen molar-refractivity contribution in [3.63, 3.8) is 0 Å². The van der Waals surface area contributed by atoms with Crippen LogP contribution in [0.1, 0.15) is 24.0 Å². The van der Waals surface area contributed by atoms with E-state index in [0.29, 0.717) is 40.0 Å². The first-order valence-electron chi connectivity index (χ1n) is 9.07. The molecule has 9 heteroatoms. The molecule has 1 aliphatic heterocycles. The summed E-state index contributed by atoms with van der Waals surface area (Å²) in [6, 6.07) is 8.62. The molecule has 0 spiro atoms. The van der Waals surface area contributed by atoms with Crippen molar-refractivity contribution in [1.82, 2.24) is 19.9 Å². The Morgan fingerprint density at radius 3 is 3.00 bits per heavy atom. The average Bonchev–Trinajstić information content (AvgIpc) is 3.09. The Kier molecular flexibility index (Phi) is 5.28. The third kappa shape index (κ3) is 4.01. The molecule has 7 nitrogen and oxygen atoms in total. The number of piperidine rings is 1. The second kappa shape index (κ2) is 8.00. The van der Waals surface area contributed by atoms with Crippen LogP contribution in [0.4, 0.5) is 16.0 Å². The van der Waals surface area contributed by atoms with Gasteiger partial charge in [0.1, 0.15) is 29.1 Å². The highest BCUT2D eigenvalue weighted by molar-refractivity contribution is 6.30. The first-order valence-corrected chi connectivity index (χ1v) is 9.45. The summed E-state index contributed by atoms with van der Waals surface area (Å²) in [7, 11) is 0. The van der Waals surface area contributed by atoms with Gasteiger partial charge in [0.25, 0.3) is 0 Å². The van der Waals surface area contributed by atoms with Gasteiger partial charge in [-0.25, -0.2) is 9.37 Å². The van der Waals surface area contributed by atoms with E-state index in [2.05, 4.69) is 32.1 Å². The summed E-state index contributed by atoms with van der Waals surface area (Å²) in [6.07, 6.45) is 3.63. The van der Waals surface area contributed by atoms with E-state index in [1.54, 1.807) is 10.6 Å². The normalized spacial score (nSPS) is 16.7. The highest BCUT2D eigenvalue weighted by atomic mass is 35.5. The fourth-order valence-electron chi connectivity index (χ4n) is 3.33. The van der Waals surface area contributed by atoms with Gasteiger partial charge in [0.2, 0.25) is 0 Å². The molecule has 3 N–H and O–H groups in total. The van der Waals surface area contributed by atoms with E-state index in [4.69, 9.17) is 11.6 Å². The van der Waals surface area contributed by atoms with Crippen molar-refractivity contribution in [2.75, 3.05) is 23.7 Å². The molecule has 1 saturated heterocycles. The standard InChI is InChI=1S/C19H19ClFN7/c20-14-4-12(5-15(21)6-14)9-24-18-7-17(26-16-2-1-3-23-11-16)27-19-13(8-22)10-25-28(18)19/h4-7,10,16,23-24H,1-3,9,11H2,(H,26,27). The zero-order valence-corrected chi connectivity index (χ0v) is 15.8. The third-order valence-electron chi connectivity index (χ3n) is 4.64. The number of halogens is 2. The summed E-state index contributed by atoms with van der Waals surface area (Å²) in [4.78, 5) is 4.56. The first kappa shape index (κ1) is 18.5. The number of aromatic nitrogens is 3. The summed E-state index contributed by atoms with van der Waals surface area (Å²) in [6.45, 7) is 2.24. The van der Waals surface area contributed by atoms with Crippen LogP contribution in [0.3, 0.4) is 0 Å². The minimum absolute atomic E-state index is 0.270. The lowest BCUT2D eigenvalue weighted by molar-refractivity contribution is 0.479. The molecular formula is C19H19ClFN7. The maximum Gasteiger partial charge on any atom is 0.177 e. The topological polar surface area (TPSA) is 90.1 Å². The van der Waals surface area contributed by atoms with Crippen LogP contribution in [0.25, 0.3) is 5.65 Å². The Morgan fingerprint density at radius 2 is 2.25 bits per heavy atom. The van der Waals surface area contributed by atoms with Crippen molar-refractivity contribution in [3.05, 3.63) is 52.4 Å². The van der Waals surface area contributed by atoms with Crippen molar-refractivity contribution in [3.8, 4) is 6.07 Å². The van der Waals surface area contributed by atoms with Gasteiger partial charge in [0.05, 0.1) is 6.20 Å². The maximum absolute atomic E-state index is 13.6. The smallest absolute Gasteiger partial charge is 0.177 e. The molecule has 0 aliphatic carbocycles. The summed E-state index contributed by atoms with van der Waals surface area (Å²) in [5, 5.41) is 24.0. The van der Waals surface area contributed by atoms with Crippen LogP contribution in [0, 0.1) is 17.1 Å². The van der Waals surface area contributed by atoms with Crippen molar-refractivity contribution in [2.24, 2.45) is 0 Å². The molecule has 0 bridgehead atoms. The summed E-state index contributed by atoms with van der Waals surface area (Å²) in [5.74, 6) is 0.929. The van der Waals surface area contributed by atoms with Gasteiger partial charge in [0, 0.05) is 30.2 Å². The number of nitriles is 1. The number of benzene rings is 1. The van der Waals surface area contributed by atoms with Crippen LogP contribution in [0.2, 0.25) is 5.02 Å². The van der Waals surface area contributed by atoms with Gasteiger partial charge in [-0.3, -0.25) is 0 Å². The van der Waals surface area contributed by atoms with Crippen molar-refractivity contribution in [2.45, 2.75) is 25.4 Å². The van der Waals surface area contributed by atoms with Gasteiger partial charge in [0.15, 0.2) is 5.65 Å². The second-order valence-electron chi connectivity index (χ2n) is 6.75. The number of fused-ring (bicyclic) bond motifs is 1. The maximum atomic E-state index is 13.6. The molecule has 3 heterocycles. The molecule has 1 aliphatic rings. The van der Waals surface area contributed by atoms with E-state index in [-0.39, 0.29) is 11.9 Å². The van der Waals surface area contributed by atoms with Crippen molar-refractivity contribution >= 4 is 28.9 Å². The van der Waals surface area contributed by atoms with E-state index >= 15 is 0 Å². The van der Waals surface area contributed by atoms with Gasteiger partial charge in [-0.2, -0.15) is 14.9 Å². The van der Waals surface area contributed by atoms with Crippen LogP contribution < -0.4 is 16.0 Å². The summed E-state index contributed by atoms with van der Waals surface area (Å²) >= 11 is 5.94. The Bertz CT molecular complexity index is 1020. The number of nitrogens with one attached hydrogen (secondary N) is 3. The van der Waals surface area contributed by atoms with Crippen LogP contribution in [0.15, 0.2) is 30.5 Å². The van der Waals surface area contributed by atoms with E-state index in [1.165, 1.54) is 18.3 Å². The molecule has 28 heavy (non-hydrogen) atoms. The summed E-state index contributed by atoms with van der Waals surface area (Å²) in [5.41, 5.74) is 1.56. The molecule has 2 aromatic heterocycles. The molecule has 144 valence electrons. The highest BCUT2D eigenvalue weighted by Crippen LogP contribution is 2.22. The molecule has 0 amide bonds. The Labute approximate surface area is 166 Å². The second-order valence-corrected chi connectivity index (χ2v) is 7.19. The van der Waals surface area contributed by atoms with Crippen LogP contribution in [-0.2, 0) is 6.54 Å². The number of hydrogen-bond acceptors (Lipinski definition) is 6. The zero-order chi connectivity index (χ0) is 19.5. The fraction of sp³-hybridized carbons (Fsp3) is 0.316. The van der Waals surface area contributed by atoms with Crippen molar-refractivity contribution < 1.29 is 4.39 Å². The lowest BCUT2D eigenvalue weighted by Crippen LogP contribution is -2.38. The number of hydrogen-bond donors (Lipinski definition) is 3. The molecule has 4 rings (SSSR count). The van der Waals surface area contributed by atoms with Crippen molar-refractivity contribution in [1.29, 1.82) is 5.26 Å². The lowest BCUT2D eigenvalue weighted by atomic mass is 10.1. The van der Waals surface area contributed by atoms with Crippen LogP contribution in [-0.4, -0.2) is 33.7 Å². The molecule has 0 saturated carbocycles. The fourth-order valence-corrected chi connectivity index (χ4v) is 3.58. The SMILES string of the molecule is N#Cc1cnn2c(NCc3cc(F)cc(Cl)c3)cc(NC3CCCNC3)nc12. The molecule has 1 atom stereocenters. The quantitative estimate of drug-likeness (QED) is 0.610. The predicted molar refractivity (Wildman–Crippen MR) is 106 cm³/mol. The molecule has 1 aromatic carbocycles. The third-order valence-corrected chi connectivity index (χ3v) is 4.86. The molecular weight excluding hydrogens is 381 g/mol. The Balaban J connectivity index is 1.63. The average molecular weight is 400 g/mol. The number of rotatable bonds is 5. The van der Waals surface area contributed by atoms with E-state index in [0.717, 1.165) is 25.9 Å². The first-order chi connectivity index (χ1) is 13.6. The molecule has 0 radical (unpaired) electrons. The van der Waals surface area contributed by atoms with Gasteiger partial charge < -0.3 is 16.0 Å². The lowest BCUT2D eigenvalue weighted by Gasteiger charge is -2.24. The largest absolute Gasteiger partial charge is 0.366 e. The van der Waals surface area contributed by atoms with E-state index in [1.807, 2.05) is 6.07 Å².